The second kappa shape index (κ2) is 10.0. The quantitative estimate of drug-likeness (QED) is 0.508. The Morgan fingerprint density at radius 3 is 2.55 bits per heavy atom. The second-order valence-electron chi connectivity index (χ2n) is 8.32. The summed E-state index contributed by atoms with van der Waals surface area (Å²) in [5.41, 5.74) is 0.890. The summed E-state index contributed by atoms with van der Waals surface area (Å²) in [4.78, 5) is 48.1. The Morgan fingerprint density at radius 1 is 1.12 bits per heavy atom. The monoisotopic (exact) mass is 454 g/mol. The van der Waals surface area contributed by atoms with Crippen LogP contribution >= 0.6 is 0 Å². The highest BCUT2D eigenvalue weighted by Gasteiger charge is 2.25. The lowest BCUT2D eigenvalue weighted by molar-refractivity contribution is -0.146. The lowest BCUT2D eigenvalue weighted by Gasteiger charge is -2.34. The van der Waals surface area contributed by atoms with Crippen LogP contribution < -0.4 is 16.1 Å². The fourth-order valence-electron chi connectivity index (χ4n) is 4.06. The van der Waals surface area contributed by atoms with E-state index in [1.807, 2.05) is 34.9 Å². The number of aromatic amines is 1. The van der Waals surface area contributed by atoms with Crippen LogP contribution in [0.4, 0.5) is 5.95 Å². The molecule has 3 aromatic rings. The van der Waals surface area contributed by atoms with Crippen molar-refractivity contribution in [1.29, 1.82) is 0 Å². The maximum atomic E-state index is 12.6. The maximum absolute atomic E-state index is 12.6. The molecule has 0 radical (unpaired) electrons. The average molecular weight is 455 g/mol. The summed E-state index contributed by atoms with van der Waals surface area (Å²) in [6.07, 6.45) is 1.87. The molecule has 0 unspecified atom stereocenters. The number of aromatic nitrogens is 4. The standard InChI is InChI=1S/C23H30N6O4/c1-3-4-10-29-19-20(26(2)23(32)25-21(19)31)24-22(29)28-13-11-27(12-14-28)15-18(30)33-16-17-8-6-5-7-9-17/h5-9H,3-4,10-16H2,1-2H3,(H,25,31,32). The van der Waals surface area contributed by atoms with Crippen molar-refractivity contribution in [2.45, 2.75) is 32.9 Å². The third kappa shape index (κ3) is 5.00. The molecular formula is C23H30N6O4. The first-order valence-electron chi connectivity index (χ1n) is 11.3. The predicted octanol–water partition coefficient (Wildman–Crippen LogP) is 1.09. The van der Waals surface area contributed by atoms with Gasteiger partial charge in [-0.05, 0) is 12.0 Å². The van der Waals surface area contributed by atoms with Gasteiger partial charge >= 0.3 is 11.7 Å². The fourth-order valence-corrected chi connectivity index (χ4v) is 4.06. The third-order valence-electron chi connectivity index (χ3n) is 5.97. The van der Waals surface area contributed by atoms with Gasteiger partial charge in [-0.25, -0.2) is 4.79 Å². The number of nitrogens with one attached hydrogen (secondary N) is 1. The van der Waals surface area contributed by atoms with E-state index in [-0.39, 0.29) is 19.1 Å². The van der Waals surface area contributed by atoms with E-state index in [9.17, 15) is 14.4 Å². The van der Waals surface area contributed by atoms with Crippen molar-refractivity contribution < 1.29 is 9.53 Å². The smallest absolute Gasteiger partial charge is 0.329 e. The number of carbonyl (C=O) groups excluding carboxylic acids is 1. The predicted molar refractivity (Wildman–Crippen MR) is 125 cm³/mol. The molecule has 1 N–H and O–H groups in total. The van der Waals surface area contributed by atoms with Crippen LogP contribution in [0.5, 0.6) is 0 Å². The van der Waals surface area contributed by atoms with Gasteiger partial charge < -0.3 is 14.2 Å². The van der Waals surface area contributed by atoms with E-state index >= 15 is 0 Å². The number of ether oxygens (including phenoxy) is 1. The van der Waals surface area contributed by atoms with Crippen LogP contribution in [-0.4, -0.2) is 62.7 Å². The molecule has 0 amide bonds. The van der Waals surface area contributed by atoms with Gasteiger partial charge in [0.2, 0.25) is 5.95 Å². The number of carbonyl (C=O) groups is 1. The minimum absolute atomic E-state index is 0.237. The maximum Gasteiger partial charge on any atom is 0.329 e. The topological polar surface area (TPSA) is 105 Å². The number of hydrogen-bond acceptors (Lipinski definition) is 7. The Kier molecular flexibility index (Phi) is 6.93. The lowest BCUT2D eigenvalue weighted by atomic mass is 10.2. The summed E-state index contributed by atoms with van der Waals surface area (Å²) < 4.78 is 8.70. The zero-order chi connectivity index (χ0) is 23.4. The molecule has 0 spiro atoms. The number of imidazole rings is 1. The molecule has 3 heterocycles. The van der Waals surface area contributed by atoms with Gasteiger partial charge in [0, 0.05) is 39.8 Å². The third-order valence-corrected chi connectivity index (χ3v) is 5.97. The number of esters is 1. The van der Waals surface area contributed by atoms with E-state index in [1.165, 1.54) is 4.57 Å². The van der Waals surface area contributed by atoms with Gasteiger partial charge in [-0.15, -0.1) is 0 Å². The Morgan fingerprint density at radius 2 is 1.85 bits per heavy atom. The normalized spacial score (nSPS) is 14.7. The van der Waals surface area contributed by atoms with Gasteiger partial charge in [0.1, 0.15) is 6.61 Å². The van der Waals surface area contributed by atoms with Crippen LogP contribution in [0.2, 0.25) is 0 Å². The van der Waals surface area contributed by atoms with Crippen LogP contribution in [0, 0.1) is 0 Å². The zero-order valence-electron chi connectivity index (χ0n) is 19.1. The SMILES string of the molecule is CCCCn1c(N2CCN(CC(=O)OCc3ccccc3)CC2)nc2c1c(=O)[nH]c(=O)n2C. The number of benzene rings is 1. The summed E-state index contributed by atoms with van der Waals surface area (Å²) in [6.45, 7) is 5.92. The molecule has 4 rings (SSSR count). The van der Waals surface area contributed by atoms with E-state index in [1.54, 1.807) is 7.05 Å². The number of rotatable bonds is 8. The van der Waals surface area contributed by atoms with E-state index < -0.39 is 11.2 Å². The van der Waals surface area contributed by atoms with Gasteiger partial charge in [0.25, 0.3) is 5.56 Å². The van der Waals surface area contributed by atoms with Crippen molar-refractivity contribution in [2.75, 3.05) is 37.6 Å². The lowest BCUT2D eigenvalue weighted by Crippen LogP contribution is -2.49. The molecule has 10 heteroatoms. The highest BCUT2D eigenvalue weighted by Crippen LogP contribution is 2.21. The Balaban J connectivity index is 1.43. The molecule has 1 aromatic carbocycles. The number of anilines is 1. The molecule has 1 aliphatic rings. The number of hydrogen-bond donors (Lipinski definition) is 1. The Bertz CT molecular complexity index is 1220. The molecule has 0 bridgehead atoms. The number of piperazine rings is 1. The van der Waals surface area contributed by atoms with E-state index in [0.717, 1.165) is 18.4 Å². The van der Waals surface area contributed by atoms with Gasteiger partial charge in [0.15, 0.2) is 11.2 Å². The Labute approximate surface area is 191 Å². The minimum Gasteiger partial charge on any atom is -0.460 e. The van der Waals surface area contributed by atoms with E-state index in [2.05, 4.69) is 26.7 Å². The van der Waals surface area contributed by atoms with Crippen LogP contribution in [0.15, 0.2) is 39.9 Å². The van der Waals surface area contributed by atoms with Crippen LogP contribution in [0.25, 0.3) is 11.2 Å². The minimum atomic E-state index is -0.474. The zero-order valence-corrected chi connectivity index (χ0v) is 19.1. The first kappa shape index (κ1) is 22.8. The van der Waals surface area contributed by atoms with Crippen molar-refractivity contribution in [3.8, 4) is 0 Å². The molecule has 0 saturated carbocycles. The first-order chi connectivity index (χ1) is 16.0. The molecule has 33 heavy (non-hydrogen) atoms. The first-order valence-corrected chi connectivity index (χ1v) is 11.3. The summed E-state index contributed by atoms with van der Waals surface area (Å²) in [7, 11) is 1.61. The summed E-state index contributed by atoms with van der Waals surface area (Å²) >= 11 is 0. The van der Waals surface area contributed by atoms with Crippen molar-refractivity contribution in [3.05, 3.63) is 56.7 Å². The van der Waals surface area contributed by atoms with Crippen molar-refractivity contribution in [2.24, 2.45) is 7.05 Å². The molecule has 10 nitrogen and oxygen atoms in total. The van der Waals surface area contributed by atoms with Crippen LogP contribution in [0.3, 0.4) is 0 Å². The van der Waals surface area contributed by atoms with Crippen molar-refractivity contribution in [1.82, 2.24) is 24.0 Å². The second-order valence-corrected chi connectivity index (χ2v) is 8.32. The van der Waals surface area contributed by atoms with E-state index in [0.29, 0.717) is 49.8 Å². The molecular weight excluding hydrogens is 424 g/mol. The van der Waals surface area contributed by atoms with Gasteiger partial charge in [-0.3, -0.25) is 24.0 Å². The molecule has 2 aromatic heterocycles. The molecule has 176 valence electrons. The highest BCUT2D eigenvalue weighted by atomic mass is 16.5. The summed E-state index contributed by atoms with van der Waals surface area (Å²) in [6, 6.07) is 9.62. The number of nitrogens with zero attached hydrogens (tertiary/aromatic N) is 5. The van der Waals surface area contributed by atoms with Gasteiger partial charge in [-0.2, -0.15) is 4.98 Å². The molecule has 0 atom stereocenters. The number of unbranched alkanes of at least 4 members (excludes halogenated alkanes) is 1. The number of fused-ring (bicyclic) bond motifs is 1. The summed E-state index contributed by atoms with van der Waals surface area (Å²) in [5, 5.41) is 0. The van der Waals surface area contributed by atoms with Gasteiger partial charge in [-0.1, -0.05) is 43.7 Å². The number of H-pyrrole nitrogens is 1. The number of aryl methyl sites for hydroxylation is 2. The fraction of sp³-hybridized carbons (Fsp3) is 0.478. The largest absolute Gasteiger partial charge is 0.460 e. The molecule has 1 saturated heterocycles. The van der Waals surface area contributed by atoms with Crippen LogP contribution in [-0.2, 0) is 29.7 Å². The van der Waals surface area contributed by atoms with Crippen molar-refractivity contribution in [3.63, 3.8) is 0 Å². The van der Waals surface area contributed by atoms with E-state index in [4.69, 9.17) is 4.74 Å². The van der Waals surface area contributed by atoms with Gasteiger partial charge in [0.05, 0.1) is 6.54 Å². The van der Waals surface area contributed by atoms with Crippen molar-refractivity contribution >= 4 is 23.1 Å². The summed E-state index contributed by atoms with van der Waals surface area (Å²) in [5.74, 6) is 0.445. The molecule has 1 fully saturated rings. The highest BCUT2D eigenvalue weighted by molar-refractivity contribution is 5.74. The van der Waals surface area contributed by atoms with Crippen LogP contribution in [0.1, 0.15) is 25.3 Å². The molecule has 0 aliphatic carbocycles. The average Bonchev–Trinajstić information content (AvgIpc) is 3.21. The molecule has 1 aliphatic heterocycles. The Hall–Kier alpha value is -3.40.